The zero-order chi connectivity index (χ0) is 16.4. The maximum atomic E-state index is 12.3. The molecule has 3 rings (SSSR count). The van der Waals surface area contributed by atoms with Gasteiger partial charge in [-0.3, -0.25) is 9.59 Å². The molecule has 2 aromatic rings. The maximum Gasteiger partial charge on any atom is 0.306 e. The first-order chi connectivity index (χ1) is 11.0. The van der Waals surface area contributed by atoms with Crippen LogP contribution in [0.5, 0.6) is 0 Å². The van der Waals surface area contributed by atoms with Gasteiger partial charge >= 0.3 is 5.97 Å². The van der Waals surface area contributed by atoms with Crippen molar-refractivity contribution in [2.75, 3.05) is 5.32 Å². The van der Waals surface area contributed by atoms with E-state index in [1.807, 2.05) is 12.1 Å². The largest absolute Gasteiger partial charge is 0.481 e. The van der Waals surface area contributed by atoms with E-state index >= 15 is 0 Å². The number of amides is 1. The van der Waals surface area contributed by atoms with E-state index in [0.717, 1.165) is 24.1 Å². The number of aromatic nitrogens is 1. The minimum atomic E-state index is -0.817. The first kappa shape index (κ1) is 15.3. The first-order valence-corrected chi connectivity index (χ1v) is 7.62. The van der Waals surface area contributed by atoms with Crippen LogP contribution in [0.1, 0.15) is 47.3 Å². The van der Waals surface area contributed by atoms with Crippen LogP contribution in [0.2, 0.25) is 0 Å². The van der Waals surface area contributed by atoms with Crippen molar-refractivity contribution < 1.29 is 19.2 Å². The molecule has 0 aliphatic heterocycles. The van der Waals surface area contributed by atoms with Gasteiger partial charge < -0.3 is 14.9 Å². The number of aliphatic carboxylic acids is 1. The minimum Gasteiger partial charge on any atom is -0.481 e. The third-order valence-corrected chi connectivity index (χ3v) is 3.98. The van der Waals surface area contributed by atoms with E-state index in [2.05, 4.69) is 10.5 Å². The predicted molar refractivity (Wildman–Crippen MR) is 83.4 cm³/mol. The highest BCUT2D eigenvalue weighted by Crippen LogP contribution is 2.40. The number of carboxylic acid groups (broad SMARTS) is 1. The Balaban J connectivity index is 1.64. The molecule has 1 aliphatic rings. The number of benzene rings is 1. The van der Waals surface area contributed by atoms with Gasteiger partial charge in [0, 0.05) is 11.6 Å². The second-order valence-corrected chi connectivity index (χ2v) is 5.98. The average Bonchev–Trinajstić information content (AvgIpc) is 3.25. The fraction of sp³-hybridized carbons (Fsp3) is 0.353. The molecule has 120 valence electrons. The number of anilines is 1. The summed E-state index contributed by atoms with van der Waals surface area (Å²) in [4.78, 5) is 23.2. The van der Waals surface area contributed by atoms with Gasteiger partial charge in [0.1, 0.15) is 11.8 Å². The van der Waals surface area contributed by atoms with E-state index in [4.69, 9.17) is 9.63 Å². The van der Waals surface area contributed by atoms with Crippen LogP contribution in [0.3, 0.4) is 0 Å². The molecule has 1 heterocycles. The Labute approximate surface area is 133 Å². The summed E-state index contributed by atoms with van der Waals surface area (Å²) in [7, 11) is 0. The van der Waals surface area contributed by atoms with Gasteiger partial charge in [0.15, 0.2) is 0 Å². The zero-order valence-corrected chi connectivity index (χ0v) is 12.8. The van der Waals surface area contributed by atoms with E-state index in [9.17, 15) is 9.59 Å². The third-order valence-electron chi connectivity index (χ3n) is 3.98. The summed E-state index contributed by atoms with van der Waals surface area (Å²) in [5, 5.41) is 15.7. The van der Waals surface area contributed by atoms with Crippen molar-refractivity contribution >= 4 is 17.6 Å². The minimum absolute atomic E-state index is 0.236. The molecule has 1 atom stereocenters. The van der Waals surface area contributed by atoms with Crippen LogP contribution in [0.15, 0.2) is 35.1 Å². The Morgan fingerprint density at radius 1 is 1.35 bits per heavy atom. The predicted octanol–water partition coefficient (Wildman–Crippen LogP) is 3.07. The lowest BCUT2D eigenvalue weighted by molar-refractivity contribution is -0.141. The number of nitrogens with zero attached hydrogens (tertiary/aromatic N) is 1. The number of carboxylic acids is 1. The highest BCUT2D eigenvalue weighted by Gasteiger charge is 2.31. The van der Waals surface area contributed by atoms with Gasteiger partial charge in [0.05, 0.1) is 11.6 Å². The highest BCUT2D eigenvalue weighted by molar-refractivity contribution is 6.04. The maximum absolute atomic E-state index is 12.3. The molecule has 1 aromatic carbocycles. The normalized spacial score (nSPS) is 15.2. The van der Waals surface area contributed by atoms with E-state index in [0.29, 0.717) is 23.6 Å². The van der Waals surface area contributed by atoms with Gasteiger partial charge in [-0.25, -0.2) is 0 Å². The molecular weight excluding hydrogens is 296 g/mol. The van der Waals surface area contributed by atoms with Crippen LogP contribution in [0.4, 0.5) is 5.69 Å². The molecule has 1 unspecified atom stereocenters. The summed E-state index contributed by atoms with van der Waals surface area (Å²) in [5.74, 6) is -1.15. The number of carbonyl (C=O) groups is 2. The molecule has 6 heteroatoms. The Morgan fingerprint density at radius 2 is 2.04 bits per heavy atom. The Kier molecular flexibility index (Phi) is 4.14. The lowest BCUT2D eigenvalue weighted by Gasteiger charge is -2.08. The van der Waals surface area contributed by atoms with Crippen LogP contribution in [0, 0.1) is 5.92 Å². The lowest BCUT2D eigenvalue weighted by atomic mass is 10.0. The zero-order valence-electron chi connectivity index (χ0n) is 12.8. The second-order valence-electron chi connectivity index (χ2n) is 5.98. The monoisotopic (exact) mass is 314 g/mol. The number of hydrogen-bond donors (Lipinski definition) is 2. The fourth-order valence-corrected chi connectivity index (χ4v) is 2.43. The van der Waals surface area contributed by atoms with Gasteiger partial charge in [-0.05, 0) is 37.0 Å². The molecule has 2 N–H and O–H groups in total. The van der Waals surface area contributed by atoms with Crippen molar-refractivity contribution in [1.29, 1.82) is 0 Å². The molecule has 0 spiro atoms. The van der Waals surface area contributed by atoms with Crippen LogP contribution < -0.4 is 5.32 Å². The van der Waals surface area contributed by atoms with Gasteiger partial charge in [0.2, 0.25) is 0 Å². The van der Waals surface area contributed by atoms with E-state index in [1.165, 1.54) is 6.26 Å². The molecule has 0 radical (unpaired) electrons. The van der Waals surface area contributed by atoms with E-state index in [1.54, 1.807) is 19.1 Å². The van der Waals surface area contributed by atoms with Crippen LogP contribution in [-0.4, -0.2) is 22.1 Å². The number of hydrogen-bond acceptors (Lipinski definition) is 4. The quantitative estimate of drug-likeness (QED) is 0.855. The molecule has 1 amide bonds. The molecule has 1 saturated carbocycles. The van der Waals surface area contributed by atoms with E-state index in [-0.39, 0.29) is 5.91 Å². The molecule has 1 aliphatic carbocycles. The third kappa shape index (κ3) is 3.59. The lowest BCUT2D eigenvalue weighted by Crippen LogP contribution is -2.14. The molecule has 0 saturated heterocycles. The summed E-state index contributed by atoms with van der Waals surface area (Å²) in [6.45, 7) is 1.67. The summed E-state index contributed by atoms with van der Waals surface area (Å²) in [6.07, 6.45) is 3.93. The van der Waals surface area contributed by atoms with Crippen molar-refractivity contribution in [2.45, 2.75) is 32.1 Å². The number of nitrogens with one attached hydrogen (secondary N) is 1. The first-order valence-electron chi connectivity index (χ1n) is 7.62. The molecule has 6 nitrogen and oxygen atoms in total. The molecule has 1 aromatic heterocycles. The van der Waals surface area contributed by atoms with Crippen LogP contribution >= 0.6 is 0 Å². The Bertz CT molecular complexity index is 716. The van der Waals surface area contributed by atoms with Gasteiger partial charge in [-0.15, -0.1) is 0 Å². The smallest absolute Gasteiger partial charge is 0.306 e. The standard InChI is InChI=1S/C17H18N2O4/c1-10(17(21)22)8-11-2-6-13(7-3-11)18-16(20)14-9-23-19-15(14)12-4-5-12/h2-3,6-7,9-10,12H,4-5,8H2,1H3,(H,18,20)(H,21,22). The number of rotatable bonds is 6. The summed E-state index contributed by atoms with van der Waals surface area (Å²) >= 11 is 0. The van der Waals surface area contributed by atoms with Crippen LogP contribution in [-0.2, 0) is 11.2 Å². The van der Waals surface area contributed by atoms with Crippen LogP contribution in [0.25, 0.3) is 0 Å². The Hall–Kier alpha value is -2.63. The Morgan fingerprint density at radius 3 is 2.65 bits per heavy atom. The molecular formula is C17H18N2O4. The topological polar surface area (TPSA) is 92.4 Å². The SMILES string of the molecule is CC(Cc1ccc(NC(=O)c2conc2C2CC2)cc1)C(=O)O. The van der Waals surface area contributed by atoms with Gasteiger partial charge in [-0.1, -0.05) is 24.2 Å². The van der Waals surface area contributed by atoms with Gasteiger partial charge in [0.25, 0.3) is 5.91 Å². The van der Waals surface area contributed by atoms with Gasteiger partial charge in [-0.2, -0.15) is 0 Å². The fourth-order valence-electron chi connectivity index (χ4n) is 2.43. The summed E-state index contributed by atoms with van der Waals surface area (Å²) in [6, 6.07) is 7.19. The van der Waals surface area contributed by atoms with Crippen molar-refractivity contribution in [3.63, 3.8) is 0 Å². The summed E-state index contributed by atoms with van der Waals surface area (Å²) in [5.41, 5.74) is 2.79. The van der Waals surface area contributed by atoms with E-state index < -0.39 is 11.9 Å². The second kappa shape index (κ2) is 6.24. The molecule has 23 heavy (non-hydrogen) atoms. The molecule has 0 bridgehead atoms. The van der Waals surface area contributed by atoms with Crippen molar-refractivity contribution in [2.24, 2.45) is 5.92 Å². The average molecular weight is 314 g/mol. The number of carbonyl (C=O) groups excluding carboxylic acids is 1. The van der Waals surface area contributed by atoms with Crippen molar-refractivity contribution in [3.05, 3.63) is 47.3 Å². The van der Waals surface area contributed by atoms with Crippen molar-refractivity contribution in [1.82, 2.24) is 5.16 Å². The molecule has 1 fully saturated rings. The highest BCUT2D eigenvalue weighted by atomic mass is 16.5. The van der Waals surface area contributed by atoms with Crippen molar-refractivity contribution in [3.8, 4) is 0 Å². The summed E-state index contributed by atoms with van der Waals surface area (Å²) < 4.78 is 4.92.